The van der Waals surface area contributed by atoms with Crippen LogP contribution in [0.4, 0.5) is 0 Å². The number of hydrogen-bond acceptors (Lipinski definition) is 6. The number of hydrogen-bond donors (Lipinski definition) is 2. The number of aromatic nitrogens is 4. The van der Waals surface area contributed by atoms with E-state index in [1.165, 1.54) is 11.0 Å². The third-order valence-corrected chi connectivity index (χ3v) is 3.38. The van der Waals surface area contributed by atoms with Crippen LogP contribution in [0.3, 0.4) is 0 Å². The molecule has 1 aromatic heterocycles. The molecule has 2 heterocycles. The molecule has 22 heavy (non-hydrogen) atoms. The number of benzene rings is 1. The number of hydroxylamine groups is 1. The second-order valence-electron chi connectivity index (χ2n) is 4.55. The molecule has 1 unspecified atom stereocenters. The molecule has 2 N–H and O–H groups in total. The lowest BCUT2D eigenvalue weighted by Crippen LogP contribution is -2.39. The third-order valence-electron chi connectivity index (χ3n) is 3.14. The summed E-state index contributed by atoms with van der Waals surface area (Å²) in [4.78, 5) is 16.9. The first-order chi connectivity index (χ1) is 10.2. The van der Waals surface area contributed by atoms with Gasteiger partial charge in [-0.2, -0.15) is 5.48 Å². The normalized spacial score (nSPS) is 17.0. The van der Waals surface area contributed by atoms with E-state index in [2.05, 4.69) is 26.3 Å². The monoisotopic (exact) mass is 344 g/mol. The fourth-order valence-corrected chi connectivity index (χ4v) is 2.27. The highest BCUT2D eigenvalue weighted by Gasteiger charge is 2.23. The minimum Gasteiger partial charge on any atom is -0.351 e. The van der Waals surface area contributed by atoms with Crippen LogP contribution in [-0.4, -0.2) is 38.8 Å². The Hall–Kier alpha value is -1.74. The van der Waals surface area contributed by atoms with Crippen molar-refractivity contribution in [2.75, 3.05) is 6.61 Å². The van der Waals surface area contributed by atoms with Gasteiger partial charge >= 0.3 is 0 Å². The predicted octanol–water partition coefficient (Wildman–Crippen LogP) is 0.647. The highest BCUT2D eigenvalue weighted by molar-refractivity contribution is 6.30. The number of nitrogens with one attached hydrogen (secondary N) is 2. The summed E-state index contributed by atoms with van der Waals surface area (Å²) in [5.74, 6) is -0.116. The van der Waals surface area contributed by atoms with E-state index >= 15 is 0 Å². The molecule has 1 fully saturated rings. The van der Waals surface area contributed by atoms with E-state index in [1.807, 2.05) is 0 Å². The van der Waals surface area contributed by atoms with Crippen molar-refractivity contribution in [3.05, 3.63) is 35.1 Å². The molecule has 0 radical (unpaired) electrons. The van der Waals surface area contributed by atoms with Gasteiger partial charge in [0.2, 0.25) is 5.91 Å². The van der Waals surface area contributed by atoms with Crippen LogP contribution in [0.5, 0.6) is 0 Å². The lowest BCUT2D eigenvalue weighted by atomic mass is 10.1. The van der Waals surface area contributed by atoms with Crippen molar-refractivity contribution >= 4 is 29.9 Å². The fraction of sp³-hybridized carbons (Fsp3) is 0.333. The van der Waals surface area contributed by atoms with Gasteiger partial charge in [-0.25, -0.2) is 4.68 Å². The minimum atomic E-state index is -0.319. The quantitative estimate of drug-likeness (QED) is 0.845. The van der Waals surface area contributed by atoms with Gasteiger partial charge in [-0.3, -0.25) is 4.79 Å². The fourth-order valence-electron chi connectivity index (χ4n) is 2.08. The number of nitrogens with zero attached hydrogens (tertiary/aromatic N) is 4. The molecule has 0 aliphatic carbocycles. The Kier molecular flexibility index (Phi) is 5.67. The van der Waals surface area contributed by atoms with Gasteiger partial charge < -0.3 is 10.2 Å². The summed E-state index contributed by atoms with van der Waals surface area (Å²) in [5, 5.41) is 14.5. The van der Waals surface area contributed by atoms with Crippen LogP contribution in [0, 0.1) is 0 Å². The number of carbonyl (C=O) groups excluding carboxylic acids is 1. The number of amides is 1. The summed E-state index contributed by atoms with van der Waals surface area (Å²) in [6.45, 7) is 0.859. The maximum Gasteiger partial charge on any atom is 0.239 e. The van der Waals surface area contributed by atoms with Crippen LogP contribution < -0.4 is 10.8 Å². The van der Waals surface area contributed by atoms with Crippen molar-refractivity contribution in [3.8, 4) is 5.69 Å². The van der Waals surface area contributed by atoms with Crippen molar-refractivity contribution in [1.82, 2.24) is 31.0 Å². The summed E-state index contributed by atoms with van der Waals surface area (Å²) >= 11 is 6.01. The number of rotatable bonds is 4. The van der Waals surface area contributed by atoms with E-state index in [9.17, 15) is 4.79 Å². The van der Waals surface area contributed by atoms with Gasteiger partial charge in [-0.1, -0.05) is 11.6 Å². The van der Waals surface area contributed by atoms with Crippen LogP contribution in [0.25, 0.3) is 5.69 Å². The van der Waals surface area contributed by atoms with Crippen LogP contribution >= 0.6 is 24.0 Å². The van der Waals surface area contributed by atoms with Crippen molar-refractivity contribution < 1.29 is 9.63 Å². The van der Waals surface area contributed by atoms with Crippen molar-refractivity contribution in [1.29, 1.82) is 0 Å². The third kappa shape index (κ3) is 3.72. The molecule has 10 heteroatoms. The van der Waals surface area contributed by atoms with Gasteiger partial charge in [-0.15, -0.1) is 17.5 Å². The molecule has 1 aromatic carbocycles. The number of halogens is 2. The van der Waals surface area contributed by atoms with Gasteiger partial charge in [0.15, 0.2) is 0 Å². The topological polar surface area (TPSA) is 94.0 Å². The molecule has 1 saturated heterocycles. The Morgan fingerprint density at radius 1 is 1.55 bits per heavy atom. The van der Waals surface area contributed by atoms with Gasteiger partial charge in [0.1, 0.15) is 12.4 Å². The molecule has 8 nitrogen and oxygen atoms in total. The second kappa shape index (κ2) is 7.50. The van der Waals surface area contributed by atoms with E-state index in [0.717, 1.165) is 11.3 Å². The van der Waals surface area contributed by atoms with Crippen molar-refractivity contribution in [2.24, 2.45) is 0 Å². The summed E-state index contributed by atoms with van der Waals surface area (Å²) in [5.41, 5.74) is 4.26. The Bertz CT molecular complexity index is 631. The molecule has 0 spiro atoms. The van der Waals surface area contributed by atoms with Crippen LogP contribution in [0.1, 0.15) is 12.0 Å². The highest BCUT2D eigenvalue weighted by Crippen LogP contribution is 2.19. The maximum absolute atomic E-state index is 12.0. The first kappa shape index (κ1) is 16.6. The lowest BCUT2D eigenvalue weighted by Gasteiger charge is -2.12. The summed E-state index contributed by atoms with van der Waals surface area (Å²) < 4.78 is 1.52. The molecular weight excluding hydrogens is 331 g/mol. The van der Waals surface area contributed by atoms with E-state index < -0.39 is 0 Å². The summed E-state index contributed by atoms with van der Waals surface area (Å²) in [6, 6.07) is 5.01. The number of tetrazole rings is 1. The molecule has 3 rings (SSSR count). The molecule has 2 aromatic rings. The maximum atomic E-state index is 12.0. The predicted molar refractivity (Wildman–Crippen MR) is 80.8 cm³/mol. The first-order valence-corrected chi connectivity index (χ1v) is 6.78. The average molecular weight is 345 g/mol. The van der Waals surface area contributed by atoms with Crippen LogP contribution in [0.15, 0.2) is 24.5 Å². The smallest absolute Gasteiger partial charge is 0.239 e. The van der Waals surface area contributed by atoms with E-state index in [4.69, 9.17) is 16.4 Å². The molecule has 1 aliphatic heterocycles. The van der Waals surface area contributed by atoms with Crippen LogP contribution in [-0.2, 0) is 16.2 Å². The Morgan fingerprint density at radius 2 is 2.41 bits per heavy atom. The summed E-state index contributed by atoms with van der Waals surface area (Å²) in [6.07, 6.45) is 2.14. The summed E-state index contributed by atoms with van der Waals surface area (Å²) in [7, 11) is 0. The molecule has 0 bridgehead atoms. The molecule has 0 saturated carbocycles. The first-order valence-electron chi connectivity index (χ1n) is 6.41. The zero-order valence-corrected chi connectivity index (χ0v) is 13.0. The second-order valence-corrected chi connectivity index (χ2v) is 4.99. The van der Waals surface area contributed by atoms with Gasteiger partial charge in [-0.05, 0) is 40.6 Å². The van der Waals surface area contributed by atoms with Gasteiger partial charge in [0.25, 0.3) is 0 Å². The SMILES string of the molecule is Cl.O=C(NCc1cc(Cl)ccc1-n1cnnn1)C1CCON1. The highest BCUT2D eigenvalue weighted by atomic mass is 35.5. The zero-order valence-electron chi connectivity index (χ0n) is 11.4. The minimum absolute atomic E-state index is 0. The standard InChI is InChI=1S/C12H13ClN6O2.ClH/c13-9-1-2-11(19-7-15-17-18-19)8(5-9)6-14-12(20)10-3-4-21-16-10;/h1-2,5,7,10,16H,3-4,6H2,(H,14,20);1H. The molecule has 1 aliphatic rings. The molecular formula is C12H14Cl2N6O2. The largest absolute Gasteiger partial charge is 0.351 e. The van der Waals surface area contributed by atoms with Crippen molar-refractivity contribution in [2.45, 2.75) is 19.0 Å². The lowest BCUT2D eigenvalue weighted by molar-refractivity contribution is -0.124. The molecule has 1 amide bonds. The van der Waals surface area contributed by atoms with E-state index in [-0.39, 0.29) is 24.4 Å². The van der Waals surface area contributed by atoms with Gasteiger partial charge in [0, 0.05) is 11.6 Å². The molecule has 1 atom stereocenters. The Morgan fingerprint density at radius 3 is 3.09 bits per heavy atom. The van der Waals surface area contributed by atoms with E-state index in [1.54, 1.807) is 18.2 Å². The zero-order chi connectivity index (χ0) is 14.7. The average Bonchev–Trinajstić information content (AvgIpc) is 3.17. The Labute approximate surface area is 137 Å². The van der Waals surface area contributed by atoms with Gasteiger partial charge in [0.05, 0.1) is 12.3 Å². The van der Waals surface area contributed by atoms with Crippen molar-refractivity contribution in [3.63, 3.8) is 0 Å². The van der Waals surface area contributed by atoms with Crippen LogP contribution in [0.2, 0.25) is 5.02 Å². The number of carbonyl (C=O) groups is 1. The van der Waals surface area contributed by atoms with E-state index in [0.29, 0.717) is 24.6 Å². The molecule has 118 valence electrons. The Balaban J connectivity index is 0.00000176.